The number of rotatable bonds is 3. The van der Waals surface area contributed by atoms with Crippen molar-refractivity contribution in [2.75, 3.05) is 5.32 Å². The zero-order valence-corrected chi connectivity index (χ0v) is 10.2. The van der Waals surface area contributed by atoms with Crippen molar-refractivity contribution in [1.82, 2.24) is 0 Å². The zero-order chi connectivity index (χ0) is 11.4. The Morgan fingerprint density at radius 3 is 2.19 bits per heavy atom. The van der Waals surface area contributed by atoms with E-state index in [9.17, 15) is 4.39 Å². The molecule has 3 heteroatoms. The predicted octanol–water partition coefficient (Wildman–Crippen LogP) is 4.20. The lowest BCUT2D eigenvalue weighted by Crippen LogP contribution is -1.98. The molecule has 0 fully saturated rings. The van der Waals surface area contributed by atoms with E-state index >= 15 is 0 Å². The third-order valence-corrected chi connectivity index (χ3v) is 2.78. The Bertz CT molecular complexity index is 405. The van der Waals surface area contributed by atoms with Crippen LogP contribution >= 0.6 is 15.9 Å². The summed E-state index contributed by atoms with van der Waals surface area (Å²) in [4.78, 5) is 0. The van der Waals surface area contributed by atoms with Crippen LogP contribution < -0.4 is 5.32 Å². The Kier molecular flexibility index (Phi) is 3.57. The van der Waals surface area contributed by atoms with E-state index in [-0.39, 0.29) is 5.82 Å². The number of hydrogen-bond acceptors (Lipinski definition) is 1. The third-order valence-electron chi connectivity index (χ3n) is 2.25. The molecule has 0 unspecified atom stereocenters. The molecule has 2 aromatic carbocycles. The van der Waals surface area contributed by atoms with Gasteiger partial charge in [0.15, 0.2) is 0 Å². The molecule has 82 valence electrons. The SMILES string of the molecule is Fc1ccc(CNc2ccc(Br)cc2)cc1. The van der Waals surface area contributed by atoms with Gasteiger partial charge in [-0.1, -0.05) is 28.1 Å². The van der Waals surface area contributed by atoms with Crippen LogP contribution in [-0.4, -0.2) is 0 Å². The van der Waals surface area contributed by atoms with Crippen LogP contribution in [0.15, 0.2) is 53.0 Å². The van der Waals surface area contributed by atoms with E-state index < -0.39 is 0 Å². The molecule has 0 radical (unpaired) electrons. The molecule has 0 spiro atoms. The van der Waals surface area contributed by atoms with E-state index in [0.717, 1.165) is 15.7 Å². The molecule has 0 aliphatic rings. The summed E-state index contributed by atoms with van der Waals surface area (Å²) in [7, 11) is 0. The van der Waals surface area contributed by atoms with Crippen molar-refractivity contribution in [3.05, 3.63) is 64.4 Å². The van der Waals surface area contributed by atoms with E-state index in [1.54, 1.807) is 12.1 Å². The highest BCUT2D eigenvalue weighted by molar-refractivity contribution is 9.10. The van der Waals surface area contributed by atoms with Crippen molar-refractivity contribution in [2.24, 2.45) is 0 Å². The van der Waals surface area contributed by atoms with E-state index in [4.69, 9.17) is 0 Å². The molecule has 2 aromatic rings. The third kappa shape index (κ3) is 3.07. The van der Waals surface area contributed by atoms with Crippen LogP contribution in [0.5, 0.6) is 0 Å². The highest BCUT2D eigenvalue weighted by atomic mass is 79.9. The Hall–Kier alpha value is -1.35. The van der Waals surface area contributed by atoms with Gasteiger partial charge in [-0.3, -0.25) is 0 Å². The molecule has 1 nitrogen and oxygen atoms in total. The monoisotopic (exact) mass is 279 g/mol. The fourth-order valence-electron chi connectivity index (χ4n) is 1.37. The lowest BCUT2D eigenvalue weighted by Gasteiger charge is -2.06. The zero-order valence-electron chi connectivity index (χ0n) is 8.58. The van der Waals surface area contributed by atoms with Gasteiger partial charge >= 0.3 is 0 Å². The largest absolute Gasteiger partial charge is 0.381 e. The standard InChI is InChI=1S/C13H11BrFN/c14-11-3-7-13(8-4-11)16-9-10-1-5-12(15)6-2-10/h1-8,16H,9H2. The molecule has 0 heterocycles. The van der Waals surface area contributed by atoms with E-state index in [2.05, 4.69) is 21.2 Å². The molecular formula is C13H11BrFN. The number of halogens is 2. The lowest BCUT2D eigenvalue weighted by atomic mass is 10.2. The van der Waals surface area contributed by atoms with Crippen molar-refractivity contribution in [3.63, 3.8) is 0 Å². The maximum absolute atomic E-state index is 12.7. The van der Waals surface area contributed by atoms with Crippen molar-refractivity contribution in [3.8, 4) is 0 Å². The summed E-state index contributed by atoms with van der Waals surface area (Å²) < 4.78 is 13.7. The maximum Gasteiger partial charge on any atom is 0.123 e. The van der Waals surface area contributed by atoms with Crippen molar-refractivity contribution < 1.29 is 4.39 Å². The van der Waals surface area contributed by atoms with Gasteiger partial charge in [0.1, 0.15) is 5.82 Å². The molecular weight excluding hydrogens is 269 g/mol. The second-order valence-corrected chi connectivity index (χ2v) is 4.40. The number of benzene rings is 2. The average molecular weight is 280 g/mol. The molecule has 0 bridgehead atoms. The van der Waals surface area contributed by atoms with Crippen LogP contribution in [0.25, 0.3) is 0 Å². The first-order chi connectivity index (χ1) is 7.74. The van der Waals surface area contributed by atoms with Gasteiger partial charge in [-0.25, -0.2) is 4.39 Å². The number of anilines is 1. The lowest BCUT2D eigenvalue weighted by molar-refractivity contribution is 0.627. The van der Waals surface area contributed by atoms with Crippen LogP contribution in [0.2, 0.25) is 0 Å². The van der Waals surface area contributed by atoms with Gasteiger partial charge in [0.2, 0.25) is 0 Å². The number of nitrogens with one attached hydrogen (secondary N) is 1. The Morgan fingerprint density at radius 1 is 0.938 bits per heavy atom. The number of hydrogen-bond donors (Lipinski definition) is 1. The molecule has 0 aromatic heterocycles. The van der Waals surface area contributed by atoms with Crippen LogP contribution in [-0.2, 0) is 6.54 Å². The highest BCUT2D eigenvalue weighted by Gasteiger charge is 1.95. The summed E-state index contributed by atoms with van der Waals surface area (Å²) in [5.41, 5.74) is 2.11. The Balaban J connectivity index is 1.97. The van der Waals surface area contributed by atoms with E-state index in [1.807, 2.05) is 24.3 Å². The second-order valence-electron chi connectivity index (χ2n) is 3.49. The van der Waals surface area contributed by atoms with Crippen LogP contribution in [0, 0.1) is 5.82 Å². The molecule has 0 aliphatic carbocycles. The van der Waals surface area contributed by atoms with Gasteiger partial charge in [-0.05, 0) is 42.0 Å². The topological polar surface area (TPSA) is 12.0 Å². The molecule has 0 aliphatic heterocycles. The van der Waals surface area contributed by atoms with Gasteiger partial charge in [-0.2, -0.15) is 0 Å². The van der Waals surface area contributed by atoms with Gasteiger partial charge in [0, 0.05) is 16.7 Å². The highest BCUT2D eigenvalue weighted by Crippen LogP contribution is 2.15. The maximum atomic E-state index is 12.7. The summed E-state index contributed by atoms with van der Waals surface area (Å²) in [5.74, 6) is -0.201. The van der Waals surface area contributed by atoms with Crippen LogP contribution in [0.4, 0.5) is 10.1 Å². The molecule has 1 N–H and O–H groups in total. The predicted molar refractivity (Wildman–Crippen MR) is 67.9 cm³/mol. The quantitative estimate of drug-likeness (QED) is 0.888. The van der Waals surface area contributed by atoms with E-state index in [1.165, 1.54) is 12.1 Å². The molecule has 0 saturated heterocycles. The minimum absolute atomic E-state index is 0.201. The Labute approximate surface area is 102 Å². The molecule has 2 rings (SSSR count). The molecule has 0 atom stereocenters. The summed E-state index contributed by atoms with van der Waals surface area (Å²) in [5, 5.41) is 3.26. The molecule has 0 saturated carbocycles. The second kappa shape index (κ2) is 5.12. The van der Waals surface area contributed by atoms with Crippen LogP contribution in [0.3, 0.4) is 0 Å². The van der Waals surface area contributed by atoms with Gasteiger partial charge in [0.25, 0.3) is 0 Å². The summed E-state index contributed by atoms with van der Waals surface area (Å²) in [6.45, 7) is 0.696. The normalized spacial score (nSPS) is 10.1. The van der Waals surface area contributed by atoms with Crippen molar-refractivity contribution >= 4 is 21.6 Å². The summed E-state index contributed by atoms with van der Waals surface area (Å²) >= 11 is 3.38. The first-order valence-electron chi connectivity index (χ1n) is 4.98. The van der Waals surface area contributed by atoms with Gasteiger partial charge < -0.3 is 5.32 Å². The van der Waals surface area contributed by atoms with Crippen LogP contribution in [0.1, 0.15) is 5.56 Å². The van der Waals surface area contributed by atoms with Crippen molar-refractivity contribution in [2.45, 2.75) is 6.54 Å². The van der Waals surface area contributed by atoms with E-state index in [0.29, 0.717) is 6.54 Å². The minimum Gasteiger partial charge on any atom is -0.381 e. The van der Waals surface area contributed by atoms with Gasteiger partial charge in [0.05, 0.1) is 0 Å². The smallest absolute Gasteiger partial charge is 0.123 e. The fourth-order valence-corrected chi connectivity index (χ4v) is 1.64. The van der Waals surface area contributed by atoms with Gasteiger partial charge in [-0.15, -0.1) is 0 Å². The Morgan fingerprint density at radius 2 is 1.56 bits per heavy atom. The first kappa shape index (κ1) is 11.1. The molecule has 16 heavy (non-hydrogen) atoms. The average Bonchev–Trinajstić information content (AvgIpc) is 2.30. The first-order valence-corrected chi connectivity index (χ1v) is 5.77. The minimum atomic E-state index is -0.201. The van der Waals surface area contributed by atoms with Crippen molar-refractivity contribution in [1.29, 1.82) is 0 Å². The summed E-state index contributed by atoms with van der Waals surface area (Å²) in [6, 6.07) is 14.4. The fraction of sp³-hybridized carbons (Fsp3) is 0.0769. The summed E-state index contributed by atoms with van der Waals surface area (Å²) in [6.07, 6.45) is 0. The molecule has 0 amide bonds.